The first kappa shape index (κ1) is 18.2. The first-order chi connectivity index (χ1) is 12.4. The number of Topliss-reactive ketones (excluding diaryl/α,β-unsaturated/α-hetero) is 1. The van der Waals surface area contributed by atoms with Gasteiger partial charge in [-0.25, -0.2) is 4.98 Å². The van der Waals surface area contributed by atoms with Gasteiger partial charge in [0.15, 0.2) is 10.8 Å². The number of carbonyl (C=O) groups excluding carboxylic acids is 3. The fourth-order valence-electron chi connectivity index (χ4n) is 2.28. The number of fused-ring (bicyclic) bond motifs is 1. The number of ether oxygens (including phenoxy) is 1. The third-order valence-electron chi connectivity index (χ3n) is 3.35. The van der Waals surface area contributed by atoms with Gasteiger partial charge in [-0.2, -0.15) is 0 Å². The summed E-state index contributed by atoms with van der Waals surface area (Å²) in [5, 5.41) is 5.12. The number of thiazole rings is 1. The predicted octanol–water partition coefficient (Wildman–Crippen LogP) is 4.13. The minimum atomic E-state index is -0.584. The lowest BCUT2D eigenvalue weighted by atomic mass is 10.1. The molecule has 3 rings (SSSR count). The van der Waals surface area contributed by atoms with Crippen molar-refractivity contribution in [3.05, 3.63) is 46.3 Å². The van der Waals surface area contributed by atoms with Crippen molar-refractivity contribution in [2.24, 2.45) is 0 Å². The van der Waals surface area contributed by atoms with Gasteiger partial charge >= 0.3 is 5.97 Å². The second-order valence-electron chi connectivity index (χ2n) is 5.74. The number of hydrogen-bond donors (Lipinski definition) is 1. The molecule has 0 aliphatic heterocycles. The molecule has 0 unspecified atom stereocenters. The zero-order chi connectivity index (χ0) is 18.7. The number of nitrogens with one attached hydrogen (secondary N) is 1. The summed E-state index contributed by atoms with van der Waals surface area (Å²) < 4.78 is 5.90. The van der Waals surface area contributed by atoms with E-state index in [9.17, 15) is 14.4 Å². The number of aromatic nitrogens is 1. The molecule has 1 aromatic carbocycles. The number of esters is 1. The monoisotopic (exact) mass is 388 g/mol. The van der Waals surface area contributed by atoms with Crippen molar-refractivity contribution < 1.29 is 19.1 Å². The summed E-state index contributed by atoms with van der Waals surface area (Å²) in [4.78, 5) is 40.8. The molecule has 0 saturated heterocycles. The maximum atomic E-state index is 12.5. The first-order valence-electron chi connectivity index (χ1n) is 7.91. The third kappa shape index (κ3) is 4.14. The highest BCUT2D eigenvalue weighted by atomic mass is 32.1. The zero-order valence-electron chi connectivity index (χ0n) is 14.1. The maximum absolute atomic E-state index is 12.5. The minimum absolute atomic E-state index is 0.281. The molecule has 3 aromatic rings. The van der Waals surface area contributed by atoms with Gasteiger partial charge in [-0.3, -0.25) is 14.4 Å². The minimum Gasteiger partial charge on any atom is -0.463 e. The number of nitrogens with zero attached hydrogens (tertiary/aromatic N) is 1. The molecule has 0 atom stereocenters. The highest BCUT2D eigenvalue weighted by molar-refractivity contribution is 7.20. The summed E-state index contributed by atoms with van der Waals surface area (Å²) >= 11 is 2.50. The molecular weight excluding hydrogens is 372 g/mol. The molecule has 0 aliphatic rings. The molecule has 134 valence electrons. The standard InChI is InChI=1S/C18H16N2O4S2/c1-10(2)24-15(22)9-13(21)11-7-8-25-17(11)20-16(23)18-19-12-5-3-4-6-14(12)26-18/h3-8,10H,9H2,1-2H3,(H,20,23). The lowest BCUT2D eigenvalue weighted by molar-refractivity contribution is -0.146. The fraction of sp³-hybridized carbons (Fsp3) is 0.222. The van der Waals surface area contributed by atoms with Gasteiger partial charge in [-0.05, 0) is 37.4 Å². The predicted molar refractivity (Wildman–Crippen MR) is 102 cm³/mol. The number of ketones is 1. The lowest BCUT2D eigenvalue weighted by Gasteiger charge is -2.07. The van der Waals surface area contributed by atoms with Crippen LogP contribution < -0.4 is 5.32 Å². The smallest absolute Gasteiger partial charge is 0.313 e. The first-order valence-corrected chi connectivity index (χ1v) is 9.60. The fourth-order valence-corrected chi connectivity index (χ4v) is 3.94. The molecular formula is C18H16N2O4S2. The van der Waals surface area contributed by atoms with E-state index in [1.807, 2.05) is 24.3 Å². The van der Waals surface area contributed by atoms with Gasteiger partial charge in [0.05, 0.1) is 21.9 Å². The second-order valence-corrected chi connectivity index (χ2v) is 7.69. The van der Waals surface area contributed by atoms with Gasteiger partial charge in [0.25, 0.3) is 5.91 Å². The highest BCUT2D eigenvalue weighted by Crippen LogP contribution is 2.27. The van der Waals surface area contributed by atoms with E-state index in [1.165, 1.54) is 22.7 Å². The van der Waals surface area contributed by atoms with Crippen LogP contribution in [-0.2, 0) is 9.53 Å². The van der Waals surface area contributed by atoms with Crippen LogP contribution in [0, 0.1) is 0 Å². The molecule has 2 aromatic heterocycles. The van der Waals surface area contributed by atoms with Crippen LogP contribution in [0.2, 0.25) is 0 Å². The summed E-state index contributed by atoms with van der Waals surface area (Å²) in [6.07, 6.45) is -0.644. The van der Waals surface area contributed by atoms with Crippen LogP contribution in [0.25, 0.3) is 10.2 Å². The normalized spacial score (nSPS) is 10.9. The van der Waals surface area contributed by atoms with E-state index in [0.29, 0.717) is 15.6 Å². The van der Waals surface area contributed by atoms with Crippen LogP contribution in [-0.4, -0.2) is 28.7 Å². The Hall–Kier alpha value is -2.58. The molecule has 0 aliphatic carbocycles. The topological polar surface area (TPSA) is 85.4 Å². The van der Waals surface area contributed by atoms with Crippen molar-refractivity contribution >= 4 is 55.6 Å². The Bertz CT molecular complexity index is 941. The number of carbonyl (C=O) groups is 3. The molecule has 8 heteroatoms. The number of benzene rings is 1. The Morgan fingerprint density at radius 3 is 2.69 bits per heavy atom. The zero-order valence-corrected chi connectivity index (χ0v) is 15.8. The number of para-hydroxylation sites is 1. The van der Waals surface area contributed by atoms with Crippen molar-refractivity contribution in [2.45, 2.75) is 26.4 Å². The van der Waals surface area contributed by atoms with E-state index >= 15 is 0 Å². The van der Waals surface area contributed by atoms with Gasteiger partial charge in [-0.15, -0.1) is 22.7 Å². The number of rotatable bonds is 6. The van der Waals surface area contributed by atoms with Crippen molar-refractivity contribution in [1.29, 1.82) is 0 Å². The van der Waals surface area contributed by atoms with Crippen LogP contribution in [0.3, 0.4) is 0 Å². The Morgan fingerprint density at radius 1 is 1.19 bits per heavy atom. The average Bonchev–Trinajstić information content (AvgIpc) is 3.20. The lowest BCUT2D eigenvalue weighted by Crippen LogP contribution is -2.17. The van der Waals surface area contributed by atoms with E-state index in [1.54, 1.807) is 25.3 Å². The molecule has 26 heavy (non-hydrogen) atoms. The van der Waals surface area contributed by atoms with Crippen molar-refractivity contribution in [3.63, 3.8) is 0 Å². The van der Waals surface area contributed by atoms with Gasteiger partial charge in [-0.1, -0.05) is 12.1 Å². The summed E-state index contributed by atoms with van der Waals surface area (Å²) in [6.45, 7) is 3.44. The molecule has 0 bridgehead atoms. The molecule has 0 radical (unpaired) electrons. The molecule has 1 N–H and O–H groups in total. The summed E-state index contributed by atoms with van der Waals surface area (Å²) in [5.41, 5.74) is 1.05. The van der Waals surface area contributed by atoms with Crippen LogP contribution in [0.1, 0.15) is 40.4 Å². The largest absolute Gasteiger partial charge is 0.463 e. The SMILES string of the molecule is CC(C)OC(=O)CC(=O)c1ccsc1NC(=O)c1nc2ccccc2s1. The molecule has 0 saturated carbocycles. The molecule has 0 fully saturated rings. The molecule has 2 heterocycles. The van der Waals surface area contributed by atoms with Gasteiger partial charge in [0.2, 0.25) is 0 Å². The summed E-state index contributed by atoms with van der Waals surface area (Å²) in [6, 6.07) is 9.06. The number of amides is 1. The van der Waals surface area contributed by atoms with Gasteiger partial charge < -0.3 is 10.1 Å². The van der Waals surface area contributed by atoms with Crippen molar-refractivity contribution in [1.82, 2.24) is 4.98 Å². The number of hydrogen-bond acceptors (Lipinski definition) is 7. The van der Waals surface area contributed by atoms with E-state index in [-0.39, 0.29) is 18.4 Å². The highest BCUT2D eigenvalue weighted by Gasteiger charge is 2.21. The quantitative estimate of drug-likeness (QED) is 0.390. The number of anilines is 1. The van der Waals surface area contributed by atoms with Crippen LogP contribution in [0.5, 0.6) is 0 Å². The van der Waals surface area contributed by atoms with E-state index in [0.717, 1.165) is 10.2 Å². The second kappa shape index (κ2) is 7.76. The molecule has 1 amide bonds. The Kier molecular flexibility index (Phi) is 5.43. The Balaban J connectivity index is 1.72. The van der Waals surface area contributed by atoms with E-state index < -0.39 is 11.8 Å². The summed E-state index contributed by atoms with van der Waals surface area (Å²) in [5.74, 6) is -1.36. The molecule has 6 nitrogen and oxygen atoms in total. The van der Waals surface area contributed by atoms with E-state index in [2.05, 4.69) is 10.3 Å². The Morgan fingerprint density at radius 2 is 1.96 bits per heavy atom. The van der Waals surface area contributed by atoms with Crippen molar-refractivity contribution in [3.8, 4) is 0 Å². The van der Waals surface area contributed by atoms with E-state index in [4.69, 9.17) is 4.74 Å². The van der Waals surface area contributed by atoms with Gasteiger partial charge in [0.1, 0.15) is 11.4 Å². The third-order valence-corrected chi connectivity index (χ3v) is 5.22. The van der Waals surface area contributed by atoms with Crippen LogP contribution in [0.15, 0.2) is 35.7 Å². The van der Waals surface area contributed by atoms with Crippen LogP contribution in [0.4, 0.5) is 5.00 Å². The average molecular weight is 388 g/mol. The summed E-state index contributed by atoms with van der Waals surface area (Å²) in [7, 11) is 0. The molecule has 0 spiro atoms. The Labute approximate surface area is 157 Å². The number of thiophene rings is 1. The van der Waals surface area contributed by atoms with Crippen LogP contribution >= 0.6 is 22.7 Å². The van der Waals surface area contributed by atoms with Crippen molar-refractivity contribution in [2.75, 3.05) is 5.32 Å². The maximum Gasteiger partial charge on any atom is 0.313 e. The van der Waals surface area contributed by atoms with Gasteiger partial charge in [0, 0.05) is 0 Å².